The van der Waals surface area contributed by atoms with Crippen LogP contribution in [-0.2, 0) is 10.0 Å². The van der Waals surface area contributed by atoms with Gasteiger partial charge in [-0.3, -0.25) is 0 Å². The summed E-state index contributed by atoms with van der Waals surface area (Å²) in [7, 11) is -3.41. The summed E-state index contributed by atoms with van der Waals surface area (Å²) in [6.07, 6.45) is 2.34. The first-order chi connectivity index (χ1) is 7.04. The molecule has 15 heavy (non-hydrogen) atoms. The summed E-state index contributed by atoms with van der Waals surface area (Å²) in [5.41, 5.74) is 0. The minimum atomic E-state index is -3.41. The van der Waals surface area contributed by atoms with Crippen molar-refractivity contribution in [3.05, 3.63) is 0 Å². The van der Waals surface area contributed by atoms with E-state index in [1.54, 1.807) is 0 Å². The van der Waals surface area contributed by atoms with Crippen LogP contribution in [0, 0.1) is 0 Å². The number of halogens is 1. The van der Waals surface area contributed by atoms with Crippen molar-refractivity contribution in [1.82, 2.24) is 4.72 Å². The molecule has 1 fully saturated rings. The van der Waals surface area contributed by atoms with Gasteiger partial charge in [0.05, 0.1) is 26.2 Å². The van der Waals surface area contributed by atoms with Crippen molar-refractivity contribution in [3.63, 3.8) is 0 Å². The van der Waals surface area contributed by atoms with Crippen molar-refractivity contribution >= 4 is 10.0 Å². The van der Waals surface area contributed by atoms with Crippen molar-refractivity contribution in [3.8, 4) is 0 Å². The first kappa shape index (κ1) is 12.9. The standard InChI is InChI=1S/C9H20FN2O2S/c1-2-12(5-3-4-6-12)7-8-15(13,14)11-9-10/h11H,2-9H2,1H3/q+1. The van der Waals surface area contributed by atoms with Gasteiger partial charge in [0.2, 0.25) is 10.0 Å². The van der Waals surface area contributed by atoms with Crippen LogP contribution in [0.15, 0.2) is 0 Å². The normalized spacial score (nSPS) is 20.7. The van der Waals surface area contributed by atoms with Crippen molar-refractivity contribution in [1.29, 1.82) is 0 Å². The lowest BCUT2D eigenvalue weighted by Crippen LogP contribution is -2.48. The second kappa shape index (κ2) is 5.23. The molecular formula is C9H20FN2O2S+. The number of sulfonamides is 1. The van der Waals surface area contributed by atoms with Crippen LogP contribution in [0.2, 0.25) is 0 Å². The average Bonchev–Trinajstić information content (AvgIpc) is 2.64. The number of likely N-dealkylation sites (tertiary alicyclic amines) is 1. The molecule has 0 aromatic rings. The summed E-state index contributed by atoms with van der Waals surface area (Å²) in [6, 6.07) is 0. The van der Waals surface area contributed by atoms with Crippen LogP contribution in [0.25, 0.3) is 0 Å². The molecule has 1 aliphatic heterocycles. The van der Waals surface area contributed by atoms with Crippen molar-refractivity contribution < 1.29 is 17.3 Å². The van der Waals surface area contributed by atoms with Gasteiger partial charge in [0.25, 0.3) is 0 Å². The molecule has 0 aliphatic carbocycles. The number of nitrogens with zero attached hydrogens (tertiary/aromatic N) is 1. The van der Waals surface area contributed by atoms with Gasteiger partial charge < -0.3 is 4.48 Å². The van der Waals surface area contributed by atoms with Crippen LogP contribution in [0.5, 0.6) is 0 Å². The van der Waals surface area contributed by atoms with Gasteiger partial charge in [0.1, 0.15) is 5.75 Å². The summed E-state index contributed by atoms with van der Waals surface area (Å²) in [5.74, 6) is 0.0325. The van der Waals surface area contributed by atoms with Crippen LogP contribution in [0.1, 0.15) is 19.8 Å². The van der Waals surface area contributed by atoms with E-state index in [0.717, 1.165) is 24.1 Å². The molecule has 0 atom stereocenters. The summed E-state index contributed by atoms with van der Waals surface area (Å²) in [6.45, 7) is 4.76. The number of hydrogen-bond donors (Lipinski definition) is 1. The zero-order valence-electron chi connectivity index (χ0n) is 9.21. The molecule has 1 heterocycles. The molecule has 0 bridgehead atoms. The fourth-order valence-electron chi connectivity index (χ4n) is 2.17. The Labute approximate surface area is 91.1 Å². The minimum absolute atomic E-state index is 0.0325. The van der Waals surface area contributed by atoms with E-state index in [4.69, 9.17) is 0 Å². The average molecular weight is 239 g/mol. The zero-order chi connectivity index (χ0) is 11.4. The van der Waals surface area contributed by atoms with Gasteiger partial charge in [-0.25, -0.2) is 12.8 Å². The minimum Gasteiger partial charge on any atom is -0.323 e. The van der Waals surface area contributed by atoms with Gasteiger partial charge in [-0.05, 0) is 6.92 Å². The van der Waals surface area contributed by atoms with Crippen molar-refractivity contribution in [2.24, 2.45) is 0 Å². The van der Waals surface area contributed by atoms with Crippen LogP contribution >= 0.6 is 0 Å². The highest BCUT2D eigenvalue weighted by molar-refractivity contribution is 7.89. The maximum atomic E-state index is 11.9. The number of alkyl halides is 1. The Morgan fingerprint density at radius 2 is 1.93 bits per heavy atom. The molecule has 0 unspecified atom stereocenters. The monoisotopic (exact) mass is 239 g/mol. The Balaban J connectivity index is 2.47. The largest absolute Gasteiger partial charge is 0.323 e. The molecule has 4 nitrogen and oxygen atoms in total. The lowest BCUT2D eigenvalue weighted by Gasteiger charge is -2.32. The molecule has 0 spiro atoms. The molecule has 1 saturated heterocycles. The van der Waals surface area contributed by atoms with Crippen LogP contribution < -0.4 is 4.72 Å². The Hall–Kier alpha value is -0.200. The third-order valence-electron chi connectivity index (χ3n) is 3.29. The van der Waals surface area contributed by atoms with Gasteiger partial charge in [-0.2, -0.15) is 4.72 Å². The van der Waals surface area contributed by atoms with Crippen molar-refractivity contribution in [2.75, 3.05) is 38.7 Å². The molecule has 6 heteroatoms. The molecule has 1 rings (SSSR count). The van der Waals surface area contributed by atoms with E-state index in [9.17, 15) is 12.8 Å². The Morgan fingerprint density at radius 1 is 1.33 bits per heavy atom. The molecule has 1 aliphatic rings. The molecule has 0 aromatic carbocycles. The number of nitrogens with one attached hydrogen (secondary N) is 1. The topological polar surface area (TPSA) is 46.2 Å². The highest BCUT2D eigenvalue weighted by Crippen LogP contribution is 2.18. The molecule has 1 N–H and O–H groups in total. The van der Waals surface area contributed by atoms with Crippen LogP contribution in [0.4, 0.5) is 4.39 Å². The first-order valence-corrected chi connectivity index (χ1v) is 7.07. The number of quaternary nitrogens is 1. The van der Waals surface area contributed by atoms with E-state index >= 15 is 0 Å². The van der Waals surface area contributed by atoms with E-state index in [1.165, 1.54) is 12.8 Å². The first-order valence-electron chi connectivity index (χ1n) is 5.42. The van der Waals surface area contributed by atoms with Gasteiger partial charge in [-0.1, -0.05) is 0 Å². The van der Waals surface area contributed by atoms with Gasteiger partial charge in [0.15, 0.2) is 6.80 Å². The molecular weight excluding hydrogens is 219 g/mol. The smallest absolute Gasteiger partial charge is 0.219 e. The van der Waals surface area contributed by atoms with Crippen LogP contribution in [-0.4, -0.2) is 51.6 Å². The van der Waals surface area contributed by atoms with Gasteiger partial charge in [0, 0.05) is 12.8 Å². The fourth-order valence-corrected chi connectivity index (χ4v) is 3.11. The second-order valence-corrected chi connectivity index (χ2v) is 6.06. The van der Waals surface area contributed by atoms with E-state index in [-0.39, 0.29) is 5.75 Å². The number of rotatable bonds is 6. The predicted octanol–water partition coefficient (Wildman–Crippen LogP) is 0.463. The van der Waals surface area contributed by atoms with Crippen molar-refractivity contribution in [2.45, 2.75) is 19.8 Å². The molecule has 0 aromatic heterocycles. The maximum absolute atomic E-state index is 11.9. The summed E-state index contributed by atoms with van der Waals surface area (Å²) < 4.78 is 37.2. The van der Waals surface area contributed by atoms with E-state index in [0.29, 0.717) is 6.54 Å². The lowest BCUT2D eigenvalue weighted by molar-refractivity contribution is -0.912. The SMILES string of the molecule is CC[N+]1(CCS(=O)(=O)NCF)CCCC1. The van der Waals surface area contributed by atoms with E-state index in [2.05, 4.69) is 6.92 Å². The highest BCUT2D eigenvalue weighted by Gasteiger charge is 2.31. The zero-order valence-corrected chi connectivity index (χ0v) is 10.0. The predicted molar refractivity (Wildman–Crippen MR) is 57.5 cm³/mol. The van der Waals surface area contributed by atoms with Crippen LogP contribution in [0.3, 0.4) is 0 Å². The van der Waals surface area contributed by atoms with Gasteiger partial charge in [-0.15, -0.1) is 0 Å². The summed E-state index contributed by atoms with van der Waals surface area (Å²) in [5, 5.41) is 0. The maximum Gasteiger partial charge on any atom is 0.219 e. The summed E-state index contributed by atoms with van der Waals surface area (Å²) >= 11 is 0. The Bertz CT molecular complexity index is 286. The quantitative estimate of drug-likeness (QED) is 0.541. The van der Waals surface area contributed by atoms with E-state index < -0.39 is 16.8 Å². The fraction of sp³-hybridized carbons (Fsp3) is 1.00. The highest BCUT2D eigenvalue weighted by atomic mass is 32.2. The van der Waals surface area contributed by atoms with Gasteiger partial charge >= 0.3 is 0 Å². The third kappa shape index (κ3) is 3.70. The Kier molecular flexibility index (Phi) is 4.48. The molecule has 0 amide bonds. The lowest BCUT2D eigenvalue weighted by atomic mass is 10.4. The molecule has 0 radical (unpaired) electrons. The van der Waals surface area contributed by atoms with E-state index in [1.807, 2.05) is 4.72 Å². The number of hydrogen-bond acceptors (Lipinski definition) is 2. The second-order valence-electron chi connectivity index (χ2n) is 4.13. The molecule has 0 saturated carbocycles. The summed E-state index contributed by atoms with van der Waals surface area (Å²) in [4.78, 5) is 0. The Morgan fingerprint density at radius 3 is 2.40 bits per heavy atom. The molecule has 90 valence electrons. The third-order valence-corrected chi connectivity index (χ3v) is 4.56.